The Bertz CT molecular complexity index is 2820. The molecule has 2 atom stereocenters. The molecule has 10 rings (SSSR count). The van der Waals surface area contributed by atoms with Gasteiger partial charge in [0.25, 0.3) is 0 Å². The minimum Gasteiger partial charge on any atom is -0.248 e. The van der Waals surface area contributed by atoms with E-state index in [9.17, 15) is 0 Å². The number of aromatic nitrogens is 1. The molecule has 2 aromatic heterocycles. The summed E-state index contributed by atoms with van der Waals surface area (Å²) in [4.78, 5) is 5.39. The van der Waals surface area contributed by atoms with Crippen molar-refractivity contribution in [3.05, 3.63) is 187 Å². The molecule has 0 bridgehead atoms. The second-order valence-electron chi connectivity index (χ2n) is 14.4. The molecule has 0 saturated heterocycles. The van der Waals surface area contributed by atoms with Crippen molar-refractivity contribution in [3.8, 4) is 22.5 Å². The van der Waals surface area contributed by atoms with Gasteiger partial charge in [-0.1, -0.05) is 153 Å². The highest BCUT2D eigenvalue weighted by Gasteiger charge is 2.27. The Morgan fingerprint density at radius 3 is 2.06 bits per heavy atom. The molecule has 7 aromatic carbocycles. The zero-order valence-electron chi connectivity index (χ0n) is 29.8. The van der Waals surface area contributed by atoms with E-state index >= 15 is 0 Å². The monoisotopic (exact) mass is 697 g/mol. The maximum atomic E-state index is 5.39. The van der Waals surface area contributed by atoms with E-state index in [1.54, 1.807) is 0 Å². The van der Waals surface area contributed by atoms with Gasteiger partial charge in [-0.15, -0.1) is 11.3 Å². The number of nitrogens with zero attached hydrogens (tertiary/aromatic N) is 1. The van der Waals surface area contributed by atoms with Gasteiger partial charge >= 0.3 is 0 Å². The summed E-state index contributed by atoms with van der Waals surface area (Å²) < 4.78 is 2.65. The fourth-order valence-electron chi connectivity index (χ4n) is 8.97. The lowest BCUT2D eigenvalue weighted by Crippen LogP contribution is -2.15. The normalized spacial score (nSPS) is 18.5. The predicted octanol–water partition coefficient (Wildman–Crippen LogP) is 14.6. The number of fused-ring (bicyclic) bond motifs is 3. The van der Waals surface area contributed by atoms with Crippen LogP contribution in [0.4, 0.5) is 0 Å². The number of benzene rings is 7. The van der Waals surface area contributed by atoms with Crippen LogP contribution in [0.3, 0.4) is 0 Å². The Balaban J connectivity index is 1.06. The maximum Gasteiger partial charge on any atom is 0.0723 e. The predicted molar refractivity (Wildman–Crippen MR) is 229 cm³/mol. The lowest BCUT2D eigenvalue weighted by molar-refractivity contribution is 0.577. The highest BCUT2D eigenvalue weighted by molar-refractivity contribution is 7.26. The summed E-state index contributed by atoms with van der Waals surface area (Å²) >= 11 is 1.90. The van der Waals surface area contributed by atoms with Crippen molar-refractivity contribution in [2.24, 2.45) is 5.92 Å². The van der Waals surface area contributed by atoms with E-state index in [4.69, 9.17) is 4.98 Å². The average Bonchev–Trinajstić information content (AvgIpc) is 3.62. The number of pyridine rings is 1. The van der Waals surface area contributed by atoms with Crippen LogP contribution in [0.2, 0.25) is 0 Å². The molecule has 0 amide bonds. The smallest absolute Gasteiger partial charge is 0.0723 e. The fourth-order valence-corrected chi connectivity index (χ4v) is 10.3. The van der Waals surface area contributed by atoms with Gasteiger partial charge in [0, 0.05) is 37.2 Å². The maximum absolute atomic E-state index is 5.39. The lowest BCUT2D eigenvalue weighted by atomic mass is 9.74. The van der Waals surface area contributed by atoms with Gasteiger partial charge in [0.05, 0.1) is 11.4 Å². The Labute approximate surface area is 314 Å². The second kappa shape index (κ2) is 13.3. The largest absolute Gasteiger partial charge is 0.248 e. The molecule has 0 saturated carbocycles. The summed E-state index contributed by atoms with van der Waals surface area (Å²) in [5.74, 6) is 0.623. The van der Waals surface area contributed by atoms with E-state index in [-0.39, 0.29) is 5.92 Å². The molecule has 254 valence electrons. The van der Waals surface area contributed by atoms with Crippen molar-refractivity contribution in [3.63, 3.8) is 0 Å². The molecule has 0 radical (unpaired) electrons. The van der Waals surface area contributed by atoms with Gasteiger partial charge in [-0.2, -0.15) is 0 Å². The quantitative estimate of drug-likeness (QED) is 0.158. The third-order valence-corrected chi connectivity index (χ3v) is 12.6. The van der Waals surface area contributed by atoms with Crippen molar-refractivity contribution in [1.82, 2.24) is 4.98 Å². The molecule has 9 aromatic rings. The number of hydrogen-bond acceptors (Lipinski definition) is 2. The summed E-state index contributed by atoms with van der Waals surface area (Å²) in [6.45, 7) is 2.35. The Hall–Kier alpha value is -5.83. The minimum absolute atomic E-state index is 0.277. The molecule has 0 spiro atoms. The molecule has 0 aliphatic heterocycles. The first-order valence-corrected chi connectivity index (χ1v) is 19.7. The average molecular weight is 698 g/mol. The van der Waals surface area contributed by atoms with Crippen LogP contribution >= 0.6 is 11.3 Å². The Morgan fingerprint density at radius 1 is 0.585 bits per heavy atom. The molecular weight excluding hydrogens is 659 g/mol. The van der Waals surface area contributed by atoms with Gasteiger partial charge in [-0.3, -0.25) is 0 Å². The summed E-state index contributed by atoms with van der Waals surface area (Å²) in [6, 6.07) is 57.9. The number of hydrogen-bond donors (Lipinski definition) is 0. The summed E-state index contributed by atoms with van der Waals surface area (Å²) in [5.41, 5.74) is 11.3. The molecule has 1 nitrogen and oxygen atoms in total. The Kier molecular flexibility index (Phi) is 8.00. The van der Waals surface area contributed by atoms with E-state index < -0.39 is 0 Å². The first kappa shape index (κ1) is 31.9. The highest BCUT2D eigenvalue weighted by Crippen LogP contribution is 2.48. The van der Waals surface area contributed by atoms with Gasteiger partial charge in [0.15, 0.2) is 0 Å². The first-order valence-electron chi connectivity index (χ1n) is 18.9. The van der Waals surface area contributed by atoms with E-state index in [0.717, 1.165) is 36.2 Å². The third kappa shape index (κ3) is 5.48. The number of allylic oxidation sites excluding steroid dienone is 4. The van der Waals surface area contributed by atoms with Gasteiger partial charge < -0.3 is 0 Å². The SMILES string of the molecule is CCC1/C(c2cccc(-c3cccc(-c4ccc5c6ccccc6c6cccc7sc4c5c76)n3)c2)=C\CC/C(c2ccccc2)=C\C1c1ccccc1. The van der Waals surface area contributed by atoms with Crippen molar-refractivity contribution in [2.45, 2.75) is 32.1 Å². The standard InChI is InChI=1S/C51H39NS/c1-2-38-39(24-12-19-35(33-15-5-3-6-16-33)32-45(38)34-17-7-4-8-18-34)36-20-11-21-37(31-36)46-26-14-27-47(52-46)44-30-29-43-41-23-10-9-22-40(41)42-25-13-28-48-49(42)50(43)51(44)53-48/h3-11,13-18,20-32,38,45H,2,12,19H2,1H3/b35-32+,39-24-. The van der Waals surface area contributed by atoms with Gasteiger partial charge in [-0.25, -0.2) is 4.98 Å². The van der Waals surface area contributed by atoms with E-state index in [2.05, 4.69) is 177 Å². The molecule has 1 aliphatic rings. The Morgan fingerprint density at radius 2 is 1.25 bits per heavy atom. The van der Waals surface area contributed by atoms with Crippen molar-refractivity contribution in [1.29, 1.82) is 0 Å². The minimum atomic E-state index is 0.277. The van der Waals surface area contributed by atoms with Crippen LogP contribution in [-0.4, -0.2) is 4.98 Å². The van der Waals surface area contributed by atoms with Crippen LogP contribution in [0.15, 0.2) is 170 Å². The van der Waals surface area contributed by atoms with Crippen molar-refractivity contribution >= 4 is 64.2 Å². The first-order chi connectivity index (χ1) is 26.2. The summed E-state index contributed by atoms with van der Waals surface area (Å²) in [5, 5.41) is 8.05. The lowest BCUT2D eigenvalue weighted by Gasteiger charge is -2.30. The zero-order valence-corrected chi connectivity index (χ0v) is 30.6. The highest BCUT2D eigenvalue weighted by atomic mass is 32.1. The van der Waals surface area contributed by atoms with E-state index in [1.807, 2.05) is 11.3 Å². The molecule has 0 fully saturated rings. The molecule has 53 heavy (non-hydrogen) atoms. The van der Waals surface area contributed by atoms with Gasteiger partial charge in [0.1, 0.15) is 0 Å². The number of rotatable bonds is 6. The third-order valence-electron chi connectivity index (χ3n) is 11.4. The molecule has 2 heterocycles. The fraction of sp³-hybridized carbons (Fsp3) is 0.118. The molecule has 1 aliphatic carbocycles. The summed E-state index contributed by atoms with van der Waals surface area (Å²) in [6.07, 6.45) is 8.18. The number of thiophene rings is 1. The van der Waals surface area contributed by atoms with Crippen LogP contribution in [0.5, 0.6) is 0 Å². The van der Waals surface area contributed by atoms with Crippen LogP contribution in [0, 0.1) is 5.92 Å². The second-order valence-corrected chi connectivity index (χ2v) is 15.4. The topological polar surface area (TPSA) is 12.9 Å². The summed E-state index contributed by atoms with van der Waals surface area (Å²) in [7, 11) is 0. The molecule has 2 heteroatoms. The van der Waals surface area contributed by atoms with Gasteiger partial charge in [-0.05, 0) is 98.8 Å². The molecule has 2 unspecified atom stereocenters. The van der Waals surface area contributed by atoms with E-state index in [1.165, 1.54) is 75.1 Å². The van der Waals surface area contributed by atoms with Crippen molar-refractivity contribution < 1.29 is 0 Å². The van der Waals surface area contributed by atoms with Crippen LogP contribution in [-0.2, 0) is 0 Å². The van der Waals surface area contributed by atoms with Crippen LogP contribution in [0.25, 0.3) is 75.4 Å². The van der Waals surface area contributed by atoms with E-state index in [0.29, 0.717) is 5.92 Å². The van der Waals surface area contributed by atoms with Gasteiger partial charge in [0.2, 0.25) is 0 Å². The zero-order chi connectivity index (χ0) is 35.3. The molecular formula is C51H39NS. The van der Waals surface area contributed by atoms with Crippen LogP contribution < -0.4 is 0 Å². The molecule has 0 N–H and O–H groups in total. The van der Waals surface area contributed by atoms with Crippen molar-refractivity contribution in [2.75, 3.05) is 0 Å². The van der Waals surface area contributed by atoms with Crippen LogP contribution in [0.1, 0.15) is 48.8 Å².